The van der Waals surface area contributed by atoms with E-state index in [1.54, 1.807) is 12.1 Å². The number of sulfonamides is 1. The largest absolute Gasteiger partial charge is 0.451 e. The molecule has 0 unspecified atom stereocenters. The minimum Gasteiger partial charge on any atom is -0.451 e. The number of thiophene rings is 1. The van der Waals surface area contributed by atoms with Crippen LogP contribution < -0.4 is 5.32 Å². The van der Waals surface area contributed by atoms with Crippen LogP contribution in [0.25, 0.3) is 10.1 Å². The molecule has 1 aromatic heterocycles. The molecule has 0 aliphatic heterocycles. The number of hydrogen-bond acceptors (Lipinski definition) is 6. The van der Waals surface area contributed by atoms with Crippen molar-refractivity contribution in [2.45, 2.75) is 4.90 Å². The first-order valence-corrected chi connectivity index (χ1v) is 10.6. The normalized spacial score (nSPS) is 11.6. The predicted molar refractivity (Wildman–Crippen MR) is 108 cm³/mol. The summed E-state index contributed by atoms with van der Waals surface area (Å²) < 4.78 is 44.7. The molecule has 0 spiro atoms. The Balaban J connectivity index is 1.64. The summed E-state index contributed by atoms with van der Waals surface area (Å²) in [6, 6.07) is 11.6. The van der Waals surface area contributed by atoms with Gasteiger partial charge >= 0.3 is 5.97 Å². The lowest BCUT2D eigenvalue weighted by atomic mass is 10.2. The number of amides is 1. The summed E-state index contributed by atoms with van der Waals surface area (Å²) in [4.78, 5) is 24.4. The lowest BCUT2D eigenvalue weighted by molar-refractivity contribution is -0.119. The molecule has 0 aliphatic rings. The highest BCUT2D eigenvalue weighted by Gasteiger charge is 2.18. The number of nitrogens with zero attached hydrogens (tertiary/aromatic N) is 1. The van der Waals surface area contributed by atoms with Gasteiger partial charge in [-0.05, 0) is 36.4 Å². The van der Waals surface area contributed by atoms with E-state index in [0.29, 0.717) is 10.1 Å². The highest BCUT2D eigenvalue weighted by Crippen LogP contribution is 2.28. The standard InChI is InChI=1S/C19H17FN2O5S2/c1-22(2)29(25,26)13-6-3-5-12(9-13)21-18(23)11-27-19(24)17-10-14-15(20)7-4-8-16(14)28-17/h3-10H,11H2,1-2H3,(H,21,23). The van der Waals surface area contributed by atoms with Crippen molar-refractivity contribution in [3.63, 3.8) is 0 Å². The number of nitrogens with one attached hydrogen (secondary N) is 1. The summed E-state index contributed by atoms with van der Waals surface area (Å²) >= 11 is 1.06. The van der Waals surface area contributed by atoms with E-state index in [4.69, 9.17) is 4.74 Å². The predicted octanol–water partition coefficient (Wildman–Crippen LogP) is 3.09. The number of fused-ring (bicyclic) bond motifs is 1. The molecule has 152 valence electrons. The van der Waals surface area contributed by atoms with Gasteiger partial charge in [0.15, 0.2) is 6.61 Å². The Morgan fingerprint density at radius 2 is 1.86 bits per heavy atom. The van der Waals surface area contributed by atoms with Gasteiger partial charge in [-0.25, -0.2) is 21.9 Å². The van der Waals surface area contributed by atoms with Crippen LogP contribution in [-0.2, 0) is 19.6 Å². The molecule has 0 atom stereocenters. The number of esters is 1. The molecule has 0 bridgehead atoms. The zero-order valence-electron chi connectivity index (χ0n) is 15.5. The maximum atomic E-state index is 13.7. The number of carbonyl (C=O) groups excluding carboxylic acids is 2. The lowest BCUT2D eigenvalue weighted by Crippen LogP contribution is -2.23. The Kier molecular flexibility index (Phi) is 5.96. The fraction of sp³-hybridized carbons (Fsp3) is 0.158. The lowest BCUT2D eigenvalue weighted by Gasteiger charge is -2.12. The van der Waals surface area contributed by atoms with Gasteiger partial charge in [0.05, 0.1) is 4.90 Å². The third-order valence-corrected chi connectivity index (χ3v) is 6.83. The van der Waals surface area contributed by atoms with E-state index in [1.165, 1.54) is 50.5 Å². The molecular weight excluding hydrogens is 419 g/mol. The molecular formula is C19H17FN2O5S2. The van der Waals surface area contributed by atoms with Gasteiger partial charge in [0.1, 0.15) is 10.7 Å². The number of carbonyl (C=O) groups is 2. The fourth-order valence-electron chi connectivity index (χ4n) is 2.47. The van der Waals surface area contributed by atoms with E-state index < -0.39 is 34.3 Å². The summed E-state index contributed by atoms with van der Waals surface area (Å²) in [6.07, 6.45) is 0. The first-order valence-electron chi connectivity index (χ1n) is 8.36. The molecule has 1 N–H and O–H groups in total. The third-order valence-electron chi connectivity index (χ3n) is 3.94. The number of anilines is 1. The molecule has 0 aliphatic carbocycles. The summed E-state index contributed by atoms with van der Waals surface area (Å²) in [5, 5.41) is 2.79. The Morgan fingerprint density at radius 1 is 1.14 bits per heavy atom. The second-order valence-corrected chi connectivity index (χ2v) is 9.44. The van der Waals surface area contributed by atoms with Crippen LogP contribution in [-0.4, -0.2) is 45.3 Å². The highest BCUT2D eigenvalue weighted by molar-refractivity contribution is 7.89. The number of rotatable bonds is 6. The van der Waals surface area contributed by atoms with Crippen LogP contribution in [0.3, 0.4) is 0 Å². The Bertz CT molecular complexity index is 1190. The molecule has 2 aromatic carbocycles. The van der Waals surface area contributed by atoms with Gasteiger partial charge in [-0.2, -0.15) is 0 Å². The van der Waals surface area contributed by atoms with Gasteiger partial charge in [-0.1, -0.05) is 12.1 Å². The first-order chi connectivity index (χ1) is 13.7. The fourth-order valence-corrected chi connectivity index (χ4v) is 4.39. The van der Waals surface area contributed by atoms with Crippen molar-refractivity contribution in [1.29, 1.82) is 0 Å². The van der Waals surface area contributed by atoms with Crippen LogP contribution in [0.15, 0.2) is 53.4 Å². The average Bonchev–Trinajstić information content (AvgIpc) is 3.12. The monoisotopic (exact) mass is 436 g/mol. The van der Waals surface area contributed by atoms with E-state index in [1.807, 2.05) is 0 Å². The van der Waals surface area contributed by atoms with E-state index in [-0.39, 0.29) is 15.5 Å². The zero-order valence-corrected chi connectivity index (χ0v) is 17.1. The van der Waals surface area contributed by atoms with E-state index >= 15 is 0 Å². The number of hydrogen-bond donors (Lipinski definition) is 1. The van der Waals surface area contributed by atoms with Crippen LogP contribution in [0.1, 0.15) is 9.67 Å². The second-order valence-electron chi connectivity index (χ2n) is 6.20. The molecule has 10 heteroatoms. The van der Waals surface area contributed by atoms with Gasteiger partial charge in [0, 0.05) is 29.9 Å². The maximum absolute atomic E-state index is 13.7. The number of halogens is 1. The third kappa shape index (κ3) is 4.61. The van der Waals surface area contributed by atoms with Gasteiger partial charge < -0.3 is 10.1 Å². The first kappa shape index (κ1) is 20.9. The summed E-state index contributed by atoms with van der Waals surface area (Å²) in [7, 11) is -0.841. The van der Waals surface area contributed by atoms with Crippen molar-refractivity contribution >= 4 is 49.0 Å². The number of ether oxygens (including phenoxy) is 1. The summed E-state index contributed by atoms with van der Waals surface area (Å²) in [6.45, 7) is -0.569. The van der Waals surface area contributed by atoms with Gasteiger partial charge in [-0.15, -0.1) is 11.3 Å². The van der Waals surface area contributed by atoms with Crippen molar-refractivity contribution in [3.05, 3.63) is 59.2 Å². The van der Waals surface area contributed by atoms with E-state index in [9.17, 15) is 22.4 Å². The summed E-state index contributed by atoms with van der Waals surface area (Å²) in [5.41, 5.74) is 0.248. The van der Waals surface area contributed by atoms with Crippen molar-refractivity contribution in [3.8, 4) is 0 Å². The second kappa shape index (κ2) is 8.27. The van der Waals surface area contributed by atoms with Gasteiger partial charge in [0.25, 0.3) is 5.91 Å². The molecule has 0 saturated heterocycles. The minimum absolute atomic E-state index is 0.0181. The molecule has 3 aromatic rings. The Morgan fingerprint density at radius 3 is 2.55 bits per heavy atom. The Hall–Kier alpha value is -2.82. The van der Waals surface area contributed by atoms with Crippen molar-refractivity contribution in [2.24, 2.45) is 0 Å². The molecule has 29 heavy (non-hydrogen) atoms. The molecule has 1 amide bonds. The molecule has 7 nitrogen and oxygen atoms in total. The minimum atomic E-state index is -3.65. The molecule has 0 radical (unpaired) electrons. The molecule has 0 saturated carbocycles. The smallest absolute Gasteiger partial charge is 0.348 e. The van der Waals surface area contributed by atoms with Crippen LogP contribution in [0.5, 0.6) is 0 Å². The Labute approximate surface area is 170 Å². The highest BCUT2D eigenvalue weighted by atomic mass is 32.2. The summed E-state index contributed by atoms with van der Waals surface area (Å²) in [5.74, 6) is -1.82. The molecule has 3 rings (SSSR count). The zero-order chi connectivity index (χ0) is 21.2. The molecule has 0 fully saturated rings. The van der Waals surface area contributed by atoms with Gasteiger partial charge in [-0.3, -0.25) is 4.79 Å². The van der Waals surface area contributed by atoms with Crippen molar-refractivity contribution in [2.75, 3.05) is 26.0 Å². The maximum Gasteiger partial charge on any atom is 0.348 e. The van der Waals surface area contributed by atoms with Crippen LogP contribution in [0, 0.1) is 5.82 Å². The van der Waals surface area contributed by atoms with Crippen molar-refractivity contribution in [1.82, 2.24) is 4.31 Å². The molecule has 1 heterocycles. The average molecular weight is 436 g/mol. The van der Waals surface area contributed by atoms with Gasteiger partial charge in [0.2, 0.25) is 10.0 Å². The topological polar surface area (TPSA) is 92.8 Å². The van der Waals surface area contributed by atoms with Crippen LogP contribution in [0.2, 0.25) is 0 Å². The quantitative estimate of drug-likeness (QED) is 0.600. The van der Waals surface area contributed by atoms with Crippen LogP contribution >= 0.6 is 11.3 Å². The van der Waals surface area contributed by atoms with Crippen LogP contribution in [0.4, 0.5) is 10.1 Å². The number of benzene rings is 2. The van der Waals surface area contributed by atoms with E-state index in [2.05, 4.69) is 5.32 Å². The van der Waals surface area contributed by atoms with E-state index in [0.717, 1.165) is 15.6 Å². The SMILES string of the molecule is CN(C)S(=O)(=O)c1cccc(NC(=O)COC(=O)c2cc3c(F)cccc3s2)c1. The van der Waals surface area contributed by atoms with Crippen molar-refractivity contribution < 1.29 is 27.1 Å².